The second-order valence-electron chi connectivity index (χ2n) is 4.01. The molecule has 82 valence electrons. The predicted molar refractivity (Wildman–Crippen MR) is 54.3 cm³/mol. The molecule has 15 heavy (non-hydrogen) atoms. The van der Waals surface area contributed by atoms with Crippen molar-refractivity contribution in [1.82, 2.24) is 0 Å². The summed E-state index contributed by atoms with van der Waals surface area (Å²) in [5, 5.41) is 9.84. The first kappa shape index (κ1) is 10.2. The van der Waals surface area contributed by atoms with Crippen LogP contribution < -0.4 is 10.5 Å². The van der Waals surface area contributed by atoms with E-state index in [4.69, 9.17) is 10.5 Å². The zero-order chi connectivity index (χ0) is 11.1. The standard InChI is InChI=1S/C11H14FNO2/c1-15-9-6-7(12)5-8(10(9)14)11(13)3-2-4-11/h5-6,14H,2-4,13H2,1H3. The average Bonchev–Trinajstić information content (AvgIpc) is 2.17. The number of hydrogen-bond acceptors (Lipinski definition) is 3. The largest absolute Gasteiger partial charge is 0.504 e. The Labute approximate surface area is 87.7 Å². The van der Waals surface area contributed by atoms with Crippen molar-refractivity contribution in [1.29, 1.82) is 0 Å². The fourth-order valence-corrected chi connectivity index (χ4v) is 1.94. The number of methoxy groups -OCH3 is 1. The maximum Gasteiger partial charge on any atom is 0.163 e. The zero-order valence-corrected chi connectivity index (χ0v) is 8.59. The predicted octanol–water partition coefficient (Wildman–Crippen LogP) is 1.88. The Hall–Kier alpha value is -1.29. The molecule has 1 aromatic carbocycles. The maximum atomic E-state index is 13.2. The van der Waals surface area contributed by atoms with Crippen LogP contribution in [0.1, 0.15) is 24.8 Å². The second-order valence-corrected chi connectivity index (χ2v) is 4.01. The van der Waals surface area contributed by atoms with Crippen molar-refractivity contribution in [3.05, 3.63) is 23.5 Å². The van der Waals surface area contributed by atoms with Crippen molar-refractivity contribution in [2.45, 2.75) is 24.8 Å². The quantitative estimate of drug-likeness (QED) is 0.785. The van der Waals surface area contributed by atoms with Crippen molar-refractivity contribution in [2.24, 2.45) is 5.73 Å². The Morgan fingerprint density at radius 1 is 1.47 bits per heavy atom. The van der Waals surface area contributed by atoms with Crippen LogP contribution in [0.15, 0.2) is 12.1 Å². The van der Waals surface area contributed by atoms with Crippen LogP contribution in [0.3, 0.4) is 0 Å². The Morgan fingerprint density at radius 2 is 2.13 bits per heavy atom. The maximum absolute atomic E-state index is 13.2. The van der Waals surface area contributed by atoms with Crippen LogP contribution in [0.2, 0.25) is 0 Å². The summed E-state index contributed by atoms with van der Waals surface area (Å²) in [5.41, 5.74) is 5.90. The van der Waals surface area contributed by atoms with E-state index in [0.29, 0.717) is 5.56 Å². The van der Waals surface area contributed by atoms with E-state index < -0.39 is 11.4 Å². The van der Waals surface area contributed by atoms with E-state index in [2.05, 4.69) is 0 Å². The average molecular weight is 211 g/mol. The summed E-state index contributed by atoms with van der Waals surface area (Å²) in [6, 6.07) is 2.44. The van der Waals surface area contributed by atoms with Gasteiger partial charge in [0.15, 0.2) is 11.5 Å². The fourth-order valence-electron chi connectivity index (χ4n) is 1.94. The highest BCUT2D eigenvalue weighted by Crippen LogP contribution is 2.45. The molecule has 0 unspecified atom stereocenters. The minimum Gasteiger partial charge on any atom is -0.504 e. The van der Waals surface area contributed by atoms with Gasteiger partial charge in [0.2, 0.25) is 0 Å². The highest BCUT2D eigenvalue weighted by atomic mass is 19.1. The summed E-state index contributed by atoms with van der Waals surface area (Å²) in [7, 11) is 1.39. The molecule has 1 saturated carbocycles. The van der Waals surface area contributed by atoms with E-state index in [0.717, 1.165) is 25.3 Å². The third kappa shape index (κ3) is 1.55. The molecule has 0 aromatic heterocycles. The lowest BCUT2D eigenvalue weighted by Crippen LogP contribution is -2.43. The van der Waals surface area contributed by atoms with E-state index >= 15 is 0 Å². The van der Waals surface area contributed by atoms with Crippen LogP contribution >= 0.6 is 0 Å². The van der Waals surface area contributed by atoms with Crippen molar-refractivity contribution >= 4 is 0 Å². The van der Waals surface area contributed by atoms with Crippen molar-refractivity contribution in [2.75, 3.05) is 7.11 Å². The number of benzene rings is 1. The summed E-state index contributed by atoms with van der Waals surface area (Å²) < 4.78 is 18.1. The Bertz CT molecular complexity index is 388. The minimum atomic E-state index is -0.584. The van der Waals surface area contributed by atoms with Gasteiger partial charge in [0, 0.05) is 17.2 Å². The SMILES string of the molecule is COc1cc(F)cc(C2(N)CCC2)c1O. The molecular formula is C11H14FNO2. The highest BCUT2D eigenvalue weighted by Gasteiger charge is 2.37. The van der Waals surface area contributed by atoms with Gasteiger partial charge in [-0.3, -0.25) is 0 Å². The molecule has 0 heterocycles. The molecule has 2 rings (SSSR count). The second kappa shape index (κ2) is 3.38. The Morgan fingerprint density at radius 3 is 2.60 bits per heavy atom. The van der Waals surface area contributed by atoms with Crippen LogP contribution in [-0.4, -0.2) is 12.2 Å². The molecule has 0 aliphatic heterocycles. The van der Waals surface area contributed by atoms with Gasteiger partial charge >= 0.3 is 0 Å². The number of hydrogen-bond donors (Lipinski definition) is 2. The Kier molecular flexibility index (Phi) is 2.31. The molecule has 0 spiro atoms. The lowest BCUT2D eigenvalue weighted by molar-refractivity contribution is 0.241. The fraction of sp³-hybridized carbons (Fsp3) is 0.455. The van der Waals surface area contributed by atoms with Crippen LogP contribution in [0.5, 0.6) is 11.5 Å². The first-order valence-corrected chi connectivity index (χ1v) is 4.93. The molecule has 0 amide bonds. The third-order valence-corrected chi connectivity index (χ3v) is 3.04. The number of halogens is 1. The minimum absolute atomic E-state index is 0.0406. The molecule has 1 fully saturated rings. The lowest BCUT2D eigenvalue weighted by atomic mass is 9.72. The number of phenolic OH excluding ortho intramolecular Hbond substituents is 1. The van der Waals surface area contributed by atoms with Gasteiger partial charge in [-0.2, -0.15) is 0 Å². The van der Waals surface area contributed by atoms with E-state index in [1.54, 1.807) is 0 Å². The zero-order valence-electron chi connectivity index (χ0n) is 8.59. The van der Waals surface area contributed by atoms with Crippen LogP contribution in [0.25, 0.3) is 0 Å². The van der Waals surface area contributed by atoms with Crippen molar-refractivity contribution < 1.29 is 14.2 Å². The van der Waals surface area contributed by atoms with Gasteiger partial charge in [0.1, 0.15) is 5.82 Å². The van der Waals surface area contributed by atoms with Crippen LogP contribution in [0.4, 0.5) is 4.39 Å². The summed E-state index contributed by atoms with van der Waals surface area (Å²) in [4.78, 5) is 0. The summed E-state index contributed by atoms with van der Waals surface area (Å²) in [6.45, 7) is 0. The number of aromatic hydroxyl groups is 1. The molecule has 3 N–H and O–H groups in total. The highest BCUT2D eigenvalue weighted by molar-refractivity contribution is 5.49. The monoisotopic (exact) mass is 211 g/mol. The number of ether oxygens (including phenoxy) is 1. The number of phenols is 1. The van der Waals surface area contributed by atoms with Gasteiger partial charge in [-0.25, -0.2) is 4.39 Å². The molecular weight excluding hydrogens is 197 g/mol. The molecule has 1 aliphatic carbocycles. The summed E-state index contributed by atoms with van der Waals surface area (Å²) >= 11 is 0. The lowest BCUT2D eigenvalue weighted by Gasteiger charge is -2.39. The van der Waals surface area contributed by atoms with Crippen molar-refractivity contribution in [3.8, 4) is 11.5 Å². The topological polar surface area (TPSA) is 55.5 Å². The van der Waals surface area contributed by atoms with Gasteiger partial charge in [-0.15, -0.1) is 0 Å². The molecule has 1 aliphatic rings. The van der Waals surface area contributed by atoms with Gasteiger partial charge < -0.3 is 15.6 Å². The Balaban J connectivity index is 2.50. The first-order valence-electron chi connectivity index (χ1n) is 4.93. The van der Waals surface area contributed by atoms with Gasteiger partial charge in [-0.1, -0.05) is 0 Å². The summed E-state index contributed by atoms with van der Waals surface area (Å²) in [6.07, 6.45) is 2.55. The molecule has 0 saturated heterocycles. The normalized spacial score (nSPS) is 18.3. The third-order valence-electron chi connectivity index (χ3n) is 3.04. The van der Waals surface area contributed by atoms with Gasteiger partial charge in [0.05, 0.1) is 7.11 Å². The van der Waals surface area contributed by atoms with Crippen LogP contribution in [0, 0.1) is 5.82 Å². The molecule has 1 aromatic rings. The van der Waals surface area contributed by atoms with Crippen LogP contribution in [-0.2, 0) is 5.54 Å². The van der Waals surface area contributed by atoms with Gasteiger partial charge in [0.25, 0.3) is 0 Å². The molecule has 0 bridgehead atoms. The van der Waals surface area contributed by atoms with E-state index in [1.165, 1.54) is 13.2 Å². The molecule has 3 nitrogen and oxygen atoms in total. The number of nitrogens with two attached hydrogens (primary N) is 1. The molecule has 0 radical (unpaired) electrons. The van der Waals surface area contributed by atoms with E-state index in [-0.39, 0.29) is 11.5 Å². The molecule has 4 heteroatoms. The molecule has 0 atom stereocenters. The van der Waals surface area contributed by atoms with E-state index in [9.17, 15) is 9.50 Å². The summed E-state index contributed by atoms with van der Waals surface area (Å²) in [5.74, 6) is -0.334. The smallest absolute Gasteiger partial charge is 0.163 e. The number of rotatable bonds is 2. The van der Waals surface area contributed by atoms with Crippen molar-refractivity contribution in [3.63, 3.8) is 0 Å². The van der Waals surface area contributed by atoms with Gasteiger partial charge in [-0.05, 0) is 25.3 Å². The first-order chi connectivity index (χ1) is 7.07. The van der Waals surface area contributed by atoms with E-state index in [1.807, 2.05) is 0 Å².